The smallest absolute Gasteiger partial charge is 0.0671 e. The van der Waals surface area contributed by atoms with Crippen molar-refractivity contribution in [2.45, 2.75) is 38.3 Å². The Hall–Kier alpha value is -0.380. The fraction of sp³-hybridized carbons (Fsp3) is 0.667. The van der Waals surface area contributed by atoms with Gasteiger partial charge in [0.15, 0.2) is 0 Å². The molecule has 15 heavy (non-hydrogen) atoms. The average Bonchev–Trinajstić information content (AvgIpc) is 2.92. The highest BCUT2D eigenvalue weighted by Crippen LogP contribution is 2.18. The molecule has 2 nitrogen and oxygen atoms in total. The fourth-order valence-electron chi connectivity index (χ4n) is 1.49. The second-order valence-corrected chi connectivity index (χ2v) is 5.23. The Morgan fingerprint density at radius 2 is 2.47 bits per heavy atom. The Balaban J connectivity index is 1.52. The van der Waals surface area contributed by atoms with E-state index in [-0.39, 0.29) is 0 Å². The molecule has 0 saturated heterocycles. The molecule has 1 unspecified atom stereocenters. The Morgan fingerprint density at radius 1 is 1.60 bits per heavy atom. The van der Waals surface area contributed by atoms with Crippen molar-refractivity contribution in [3.8, 4) is 0 Å². The van der Waals surface area contributed by atoms with Crippen LogP contribution in [0.15, 0.2) is 17.5 Å². The van der Waals surface area contributed by atoms with Crippen LogP contribution in [0.1, 0.15) is 24.6 Å². The van der Waals surface area contributed by atoms with E-state index in [2.05, 4.69) is 29.8 Å². The minimum Gasteiger partial charge on any atom is -0.377 e. The van der Waals surface area contributed by atoms with Gasteiger partial charge < -0.3 is 10.1 Å². The summed E-state index contributed by atoms with van der Waals surface area (Å²) in [6.45, 7) is 3.98. The maximum absolute atomic E-state index is 5.74. The lowest BCUT2D eigenvalue weighted by Gasteiger charge is -2.13. The van der Waals surface area contributed by atoms with Gasteiger partial charge in [-0.05, 0) is 31.2 Å². The molecule has 84 valence electrons. The van der Waals surface area contributed by atoms with Crippen molar-refractivity contribution in [1.29, 1.82) is 0 Å². The first-order chi connectivity index (χ1) is 7.34. The molecule has 0 aliphatic heterocycles. The zero-order valence-corrected chi connectivity index (χ0v) is 10.1. The van der Waals surface area contributed by atoms with Gasteiger partial charge in [-0.2, -0.15) is 0 Å². The predicted molar refractivity (Wildman–Crippen MR) is 64.5 cm³/mol. The van der Waals surface area contributed by atoms with Crippen LogP contribution in [-0.4, -0.2) is 25.3 Å². The van der Waals surface area contributed by atoms with Gasteiger partial charge >= 0.3 is 0 Å². The van der Waals surface area contributed by atoms with Gasteiger partial charge in [-0.25, -0.2) is 0 Å². The van der Waals surface area contributed by atoms with Crippen LogP contribution in [0.3, 0.4) is 0 Å². The van der Waals surface area contributed by atoms with Gasteiger partial charge in [0, 0.05) is 23.9 Å². The minimum atomic E-state index is 0.338. The summed E-state index contributed by atoms with van der Waals surface area (Å²) in [6.07, 6.45) is 4.08. The first kappa shape index (κ1) is 11.1. The quantitative estimate of drug-likeness (QED) is 0.769. The van der Waals surface area contributed by atoms with Crippen LogP contribution in [0, 0.1) is 0 Å². The van der Waals surface area contributed by atoms with Crippen LogP contribution < -0.4 is 5.32 Å². The fourth-order valence-corrected chi connectivity index (χ4v) is 2.18. The SMILES string of the molecule is CC(CNC1CC1)OCCc1cccs1. The molecule has 0 bridgehead atoms. The zero-order valence-electron chi connectivity index (χ0n) is 9.24. The van der Waals surface area contributed by atoms with Crippen molar-refractivity contribution in [3.63, 3.8) is 0 Å². The third kappa shape index (κ3) is 4.33. The molecule has 1 aromatic heterocycles. The summed E-state index contributed by atoms with van der Waals surface area (Å²) < 4.78 is 5.74. The lowest BCUT2D eigenvalue weighted by Crippen LogP contribution is -2.28. The summed E-state index contributed by atoms with van der Waals surface area (Å²) in [5, 5.41) is 5.60. The zero-order chi connectivity index (χ0) is 10.5. The molecule has 1 heterocycles. The third-order valence-electron chi connectivity index (χ3n) is 2.60. The third-order valence-corrected chi connectivity index (χ3v) is 3.54. The van der Waals surface area contributed by atoms with E-state index in [9.17, 15) is 0 Å². The standard InChI is InChI=1S/C12H19NOS/c1-10(9-13-11-4-5-11)14-7-6-12-3-2-8-15-12/h2-3,8,10-11,13H,4-7,9H2,1H3. The second-order valence-electron chi connectivity index (χ2n) is 4.19. The molecular weight excluding hydrogens is 206 g/mol. The number of hydrogen-bond donors (Lipinski definition) is 1. The van der Waals surface area contributed by atoms with Crippen molar-refractivity contribution in [2.24, 2.45) is 0 Å². The predicted octanol–water partition coefficient (Wildman–Crippen LogP) is 2.45. The summed E-state index contributed by atoms with van der Waals surface area (Å²) in [7, 11) is 0. The molecule has 2 rings (SSSR count). The highest BCUT2D eigenvalue weighted by Gasteiger charge is 2.20. The van der Waals surface area contributed by atoms with Crippen LogP contribution in [-0.2, 0) is 11.2 Å². The molecule has 0 aromatic carbocycles. The van der Waals surface area contributed by atoms with Crippen molar-refractivity contribution >= 4 is 11.3 Å². The number of nitrogens with one attached hydrogen (secondary N) is 1. The van der Waals surface area contributed by atoms with Crippen molar-refractivity contribution < 1.29 is 4.74 Å². The Labute approximate surface area is 95.6 Å². The summed E-state index contributed by atoms with van der Waals surface area (Å²) in [4.78, 5) is 1.41. The van der Waals surface area contributed by atoms with E-state index in [1.807, 2.05) is 11.3 Å². The van der Waals surface area contributed by atoms with Gasteiger partial charge in [-0.1, -0.05) is 6.07 Å². The lowest BCUT2D eigenvalue weighted by atomic mass is 10.3. The summed E-state index contributed by atoms with van der Waals surface area (Å²) >= 11 is 1.81. The highest BCUT2D eigenvalue weighted by molar-refractivity contribution is 7.09. The Kier molecular flexibility index (Phi) is 4.18. The molecule has 0 amide bonds. The lowest BCUT2D eigenvalue weighted by molar-refractivity contribution is 0.0683. The van der Waals surface area contributed by atoms with Gasteiger partial charge in [0.25, 0.3) is 0 Å². The van der Waals surface area contributed by atoms with E-state index in [0.717, 1.165) is 25.6 Å². The molecule has 1 aliphatic carbocycles. The molecular formula is C12H19NOS. The molecule has 0 radical (unpaired) electrons. The van der Waals surface area contributed by atoms with Crippen molar-refractivity contribution in [3.05, 3.63) is 22.4 Å². The van der Waals surface area contributed by atoms with Crippen molar-refractivity contribution in [1.82, 2.24) is 5.32 Å². The van der Waals surface area contributed by atoms with Gasteiger partial charge in [-0.15, -0.1) is 11.3 Å². The van der Waals surface area contributed by atoms with E-state index < -0.39 is 0 Å². The maximum atomic E-state index is 5.74. The Bertz CT molecular complexity index is 269. The molecule has 1 N–H and O–H groups in total. The van der Waals surface area contributed by atoms with E-state index in [4.69, 9.17) is 4.74 Å². The van der Waals surface area contributed by atoms with Crippen LogP contribution in [0.2, 0.25) is 0 Å². The van der Waals surface area contributed by atoms with Crippen LogP contribution in [0.25, 0.3) is 0 Å². The number of rotatable bonds is 7. The maximum Gasteiger partial charge on any atom is 0.0671 e. The van der Waals surface area contributed by atoms with Gasteiger partial charge in [0.05, 0.1) is 12.7 Å². The van der Waals surface area contributed by atoms with E-state index >= 15 is 0 Å². The number of ether oxygens (including phenoxy) is 1. The van der Waals surface area contributed by atoms with Crippen LogP contribution >= 0.6 is 11.3 Å². The topological polar surface area (TPSA) is 21.3 Å². The second kappa shape index (κ2) is 5.64. The van der Waals surface area contributed by atoms with Crippen molar-refractivity contribution in [2.75, 3.05) is 13.2 Å². The summed E-state index contributed by atoms with van der Waals surface area (Å²) in [5.41, 5.74) is 0. The van der Waals surface area contributed by atoms with E-state index in [1.54, 1.807) is 0 Å². The van der Waals surface area contributed by atoms with E-state index in [1.165, 1.54) is 17.7 Å². The molecule has 1 aliphatic rings. The molecule has 1 saturated carbocycles. The number of hydrogen-bond acceptors (Lipinski definition) is 3. The monoisotopic (exact) mass is 225 g/mol. The molecule has 1 aromatic rings. The molecule has 0 spiro atoms. The minimum absolute atomic E-state index is 0.338. The van der Waals surface area contributed by atoms with Crippen LogP contribution in [0.4, 0.5) is 0 Å². The first-order valence-corrected chi connectivity index (χ1v) is 6.60. The van der Waals surface area contributed by atoms with E-state index in [0.29, 0.717) is 6.10 Å². The average molecular weight is 225 g/mol. The summed E-state index contributed by atoms with van der Waals surface area (Å²) in [5.74, 6) is 0. The summed E-state index contributed by atoms with van der Waals surface area (Å²) in [6, 6.07) is 5.05. The Morgan fingerprint density at radius 3 is 3.13 bits per heavy atom. The molecule has 1 fully saturated rings. The highest BCUT2D eigenvalue weighted by atomic mass is 32.1. The van der Waals surface area contributed by atoms with Gasteiger partial charge in [-0.3, -0.25) is 0 Å². The molecule has 3 heteroatoms. The van der Waals surface area contributed by atoms with Crippen LogP contribution in [0.5, 0.6) is 0 Å². The van der Waals surface area contributed by atoms with Gasteiger partial charge in [0.2, 0.25) is 0 Å². The number of thiophene rings is 1. The van der Waals surface area contributed by atoms with Gasteiger partial charge in [0.1, 0.15) is 0 Å². The largest absolute Gasteiger partial charge is 0.377 e. The molecule has 1 atom stereocenters. The first-order valence-electron chi connectivity index (χ1n) is 5.72. The normalized spacial score (nSPS) is 17.9.